The van der Waals surface area contributed by atoms with Crippen LogP contribution in [0.5, 0.6) is 5.75 Å². The zero-order valence-corrected chi connectivity index (χ0v) is 10.7. The van der Waals surface area contributed by atoms with Crippen LogP contribution in [0.2, 0.25) is 0 Å². The lowest BCUT2D eigenvalue weighted by Gasteiger charge is -2.10. The van der Waals surface area contributed by atoms with Crippen molar-refractivity contribution >= 4 is 0 Å². The lowest BCUT2D eigenvalue weighted by molar-refractivity contribution is 0.300. The van der Waals surface area contributed by atoms with Gasteiger partial charge in [0.05, 0.1) is 0 Å². The first-order valence-electron chi connectivity index (χ1n) is 6.13. The molecule has 0 N–H and O–H groups in total. The minimum Gasteiger partial charge on any atom is -0.489 e. The second-order valence-corrected chi connectivity index (χ2v) is 4.61. The second-order valence-electron chi connectivity index (χ2n) is 4.61. The first-order valence-corrected chi connectivity index (χ1v) is 6.13. The van der Waals surface area contributed by atoms with Crippen molar-refractivity contribution in [1.82, 2.24) is 0 Å². The Hall–Kier alpha value is -1.83. The molecule has 0 atom stereocenters. The van der Waals surface area contributed by atoms with Gasteiger partial charge in [-0.3, -0.25) is 0 Å². The van der Waals surface area contributed by atoms with Gasteiger partial charge in [-0.1, -0.05) is 44.2 Å². The molecule has 0 aliphatic carbocycles. The molecule has 0 spiro atoms. The van der Waals surface area contributed by atoms with Crippen LogP contribution in [0.1, 0.15) is 30.9 Å². The van der Waals surface area contributed by atoms with Crippen molar-refractivity contribution < 1.29 is 9.13 Å². The number of halogens is 1. The standard InChI is InChI=1S/C16H17FO/c1-12(2)13-8-9-14(16(17)10-13)11-18-15-6-4-3-5-7-15/h3-10,12H,11H2,1-2H3. The van der Waals surface area contributed by atoms with Gasteiger partial charge < -0.3 is 4.74 Å². The SMILES string of the molecule is CC(C)c1ccc(COc2ccccc2)c(F)c1. The number of rotatable bonds is 4. The van der Waals surface area contributed by atoms with E-state index in [9.17, 15) is 4.39 Å². The molecule has 0 aliphatic rings. The lowest BCUT2D eigenvalue weighted by Crippen LogP contribution is -2.00. The maximum atomic E-state index is 13.8. The Morgan fingerprint density at radius 1 is 1.06 bits per heavy atom. The van der Waals surface area contributed by atoms with Crippen molar-refractivity contribution in [2.24, 2.45) is 0 Å². The van der Waals surface area contributed by atoms with Crippen LogP contribution in [0.15, 0.2) is 48.5 Å². The fraction of sp³-hybridized carbons (Fsp3) is 0.250. The summed E-state index contributed by atoms with van der Waals surface area (Å²) >= 11 is 0. The molecule has 94 valence electrons. The normalized spacial score (nSPS) is 10.7. The highest BCUT2D eigenvalue weighted by molar-refractivity contribution is 5.27. The quantitative estimate of drug-likeness (QED) is 0.767. The highest BCUT2D eigenvalue weighted by Gasteiger charge is 2.06. The van der Waals surface area contributed by atoms with Crippen LogP contribution >= 0.6 is 0 Å². The van der Waals surface area contributed by atoms with E-state index in [4.69, 9.17) is 4.74 Å². The van der Waals surface area contributed by atoms with Gasteiger partial charge in [0.15, 0.2) is 0 Å². The van der Waals surface area contributed by atoms with Gasteiger partial charge in [0.1, 0.15) is 18.2 Å². The number of para-hydroxylation sites is 1. The van der Waals surface area contributed by atoms with Gasteiger partial charge in [0.25, 0.3) is 0 Å². The summed E-state index contributed by atoms with van der Waals surface area (Å²) in [7, 11) is 0. The Morgan fingerprint density at radius 3 is 2.39 bits per heavy atom. The Labute approximate surface area is 107 Å². The molecule has 0 unspecified atom stereocenters. The van der Waals surface area contributed by atoms with E-state index in [1.165, 1.54) is 0 Å². The molecule has 0 heterocycles. The summed E-state index contributed by atoms with van der Waals surface area (Å²) < 4.78 is 19.4. The summed E-state index contributed by atoms with van der Waals surface area (Å²) in [4.78, 5) is 0. The fourth-order valence-electron chi connectivity index (χ4n) is 1.72. The average Bonchev–Trinajstić information content (AvgIpc) is 2.38. The van der Waals surface area contributed by atoms with Crippen LogP contribution in [-0.2, 0) is 6.61 Å². The predicted molar refractivity (Wildman–Crippen MR) is 71.3 cm³/mol. The summed E-state index contributed by atoms with van der Waals surface area (Å²) in [5.74, 6) is 0.894. The first kappa shape index (κ1) is 12.6. The number of benzene rings is 2. The molecule has 2 aromatic carbocycles. The molecule has 18 heavy (non-hydrogen) atoms. The molecule has 1 nitrogen and oxygen atoms in total. The molecule has 0 amide bonds. The van der Waals surface area contributed by atoms with Crippen molar-refractivity contribution in [2.75, 3.05) is 0 Å². The van der Waals surface area contributed by atoms with E-state index in [-0.39, 0.29) is 12.4 Å². The van der Waals surface area contributed by atoms with Crippen LogP contribution in [0.25, 0.3) is 0 Å². The summed E-state index contributed by atoms with van der Waals surface area (Å²) in [6, 6.07) is 14.8. The molecule has 2 aromatic rings. The monoisotopic (exact) mass is 244 g/mol. The van der Waals surface area contributed by atoms with E-state index in [2.05, 4.69) is 13.8 Å². The van der Waals surface area contributed by atoms with E-state index in [0.717, 1.165) is 11.3 Å². The minimum atomic E-state index is -0.197. The first-order chi connectivity index (χ1) is 8.66. The van der Waals surface area contributed by atoms with E-state index in [1.807, 2.05) is 36.4 Å². The van der Waals surface area contributed by atoms with Crippen molar-refractivity contribution in [2.45, 2.75) is 26.4 Å². The van der Waals surface area contributed by atoms with Crippen LogP contribution in [0.3, 0.4) is 0 Å². The Morgan fingerprint density at radius 2 is 1.78 bits per heavy atom. The van der Waals surface area contributed by atoms with E-state index in [0.29, 0.717) is 11.5 Å². The van der Waals surface area contributed by atoms with E-state index < -0.39 is 0 Å². The number of hydrogen-bond donors (Lipinski definition) is 0. The third-order valence-corrected chi connectivity index (χ3v) is 2.88. The molecule has 2 rings (SSSR count). The highest BCUT2D eigenvalue weighted by atomic mass is 19.1. The highest BCUT2D eigenvalue weighted by Crippen LogP contribution is 2.19. The summed E-state index contributed by atoms with van der Waals surface area (Å²) in [6.07, 6.45) is 0. The van der Waals surface area contributed by atoms with Crippen molar-refractivity contribution in [3.8, 4) is 5.75 Å². The second kappa shape index (κ2) is 5.67. The molecule has 0 saturated carbocycles. The molecule has 0 radical (unpaired) electrons. The Balaban J connectivity index is 2.06. The van der Waals surface area contributed by atoms with Gasteiger partial charge in [-0.25, -0.2) is 4.39 Å². The molecular weight excluding hydrogens is 227 g/mol. The van der Waals surface area contributed by atoms with Gasteiger partial charge in [-0.15, -0.1) is 0 Å². The average molecular weight is 244 g/mol. The molecule has 0 aromatic heterocycles. The van der Waals surface area contributed by atoms with Gasteiger partial charge in [0, 0.05) is 5.56 Å². The van der Waals surface area contributed by atoms with Gasteiger partial charge >= 0.3 is 0 Å². The molecule has 0 saturated heterocycles. The maximum Gasteiger partial charge on any atom is 0.130 e. The van der Waals surface area contributed by atoms with Crippen LogP contribution in [0, 0.1) is 5.82 Å². The summed E-state index contributed by atoms with van der Waals surface area (Å²) in [5.41, 5.74) is 1.60. The molecule has 0 aliphatic heterocycles. The number of ether oxygens (including phenoxy) is 1. The largest absolute Gasteiger partial charge is 0.489 e. The third-order valence-electron chi connectivity index (χ3n) is 2.88. The number of hydrogen-bond acceptors (Lipinski definition) is 1. The van der Waals surface area contributed by atoms with Crippen LogP contribution < -0.4 is 4.74 Å². The Kier molecular flexibility index (Phi) is 3.98. The van der Waals surface area contributed by atoms with Crippen molar-refractivity contribution in [3.05, 3.63) is 65.5 Å². The summed E-state index contributed by atoms with van der Waals surface area (Å²) in [6.45, 7) is 4.36. The van der Waals surface area contributed by atoms with E-state index in [1.54, 1.807) is 12.1 Å². The van der Waals surface area contributed by atoms with Crippen molar-refractivity contribution in [1.29, 1.82) is 0 Å². The van der Waals surface area contributed by atoms with Crippen LogP contribution in [-0.4, -0.2) is 0 Å². The van der Waals surface area contributed by atoms with E-state index >= 15 is 0 Å². The molecular formula is C16H17FO. The molecule has 0 bridgehead atoms. The fourth-order valence-corrected chi connectivity index (χ4v) is 1.72. The molecule has 2 heteroatoms. The summed E-state index contributed by atoms with van der Waals surface area (Å²) in [5, 5.41) is 0. The van der Waals surface area contributed by atoms with Gasteiger partial charge in [-0.2, -0.15) is 0 Å². The van der Waals surface area contributed by atoms with Gasteiger partial charge in [-0.05, 0) is 29.7 Å². The zero-order valence-electron chi connectivity index (χ0n) is 10.7. The van der Waals surface area contributed by atoms with Crippen LogP contribution in [0.4, 0.5) is 4.39 Å². The van der Waals surface area contributed by atoms with Gasteiger partial charge in [0.2, 0.25) is 0 Å². The topological polar surface area (TPSA) is 9.23 Å². The maximum absolute atomic E-state index is 13.8. The smallest absolute Gasteiger partial charge is 0.130 e. The predicted octanol–water partition coefficient (Wildman–Crippen LogP) is 4.53. The zero-order chi connectivity index (χ0) is 13.0. The lowest BCUT2D eigenvalue weighted by atomic mass is 10.0. The molecule has 0 fully saturated rings. The minimum absolute atomic E-state index is 0.197. The third kappa shape index (κ3) is 3.10. The Bertz CT molecular complexity index is 506. The van der Waals surface area contributed by atoms with Crippen molar-refractivity contribution in [3.63, 3.8) is 0 Å².